The zero-order valence-corrected chi connectivity index (χ0v) is 13.6. The first-order valence-electron chi connectivity index (χ1n) is 7.45. The van der Waals surface area contributed by atoms with Crippen LogP contribution in [0.15, 0.2) is 23.1 Å². The van der Waals surface area contributed by atoms with Gasteiger partial charge in [-0.1, -0.05) is 20.3 Å². The summed E-state index contributed by atoms with van der Waals surface area (Å²) in [6.07, 6.45) is 1.96. The van der Waals surface area contributed by atoms with E-state index in [0.717, 1.165) is 25.0 Å². The molecule has 0 aliphatic carbocycles. The van der Waals surface area contributed by atoms with Crippen LogP contribution in [0.5, 0.6) is 0 Å². The van der Waals surface area contributed by atoms with Gasteiger partial charge in [0.05, 0.1) is 16.3 Å². The molecule has 0 saturated carbocycles. The molecule has 1 saturated heterocycles. The number of halogens is 1. The van der Waals surface area contributed by atoms with Gasteiger partial charge in [0.2, 0.25) is 0 Å². The number of anilines is 1. The zero-order chi connectivity index (χ0) is 16.3. The lowest BCUT2D eigenvalue weighted by molar-refractivity contribution is 0.220. The van der Waals surface area contributed by atoms with Crippen LogP contribution < -0.4 is 5.32 Å². The third-order valence-electron chi connectivity index (χ3n) is 4.05. The second-order valence-corrected chi connectivity index (χ2v) is 7.73. The molecule has 1 aromatic rings. The summed E-state index contributed by atoms with van der Waals surface area (Å²) in [4.78, 5) is 13.7. The number of benzene rings is 1. The highest BCUT2D eigenvalue weighted by molar-refractivity contribution is 7.91. The predicted molar refractivity (Wildman–Crippen MR) is 83.1 cm³/mol. The van der Waals surface area contributed by atoms with Crippen LogP contribution in [0.1, 0.15) is 26.7 Å². The smallest absolute Gasteiger partial charge is 0.321 e. The summed E-state index contributed by atoms with van der Waals surface area (Å²) in [5.74, 6) is -0.309. The lowest BCUT2D eigenvalue weighted by Crippen LogP contribution is -2.33. The zero-order valence-electron chi connectivity index (χ0n) is 12.8. The van der Waals surface area contributed by atoms with Crippen LogP contribution in [0.25, 0.3) is 0 Å². The van der Waals surface area contributed by atoms with Gasteiger partial charge in [-0.25, -0.2) is 17.6 Å². The highest BCUT2D eigenvalue weighted by atomic mass is 32.2. The fourth-order valence-corrected chi connectivity index (χ4v) is 3.61. The van der Waals surface area contributed by atoms with Crippen LogP contribution in [0.4, 0.5) is 14.9 Å². The van der Waals surface area contributed by atoms with Gasteiger partial charge >= 0.3 is 6.03 Å². The third kappa shape index (κ3) is 3.58. The third-order valence-corrected chi connectivity index (χ3v) is 5.82. The molecule has 1 aromatic carbocycles. The van der Waals surface area contributed by atoms with Crippen molar-refractivity contribution in [2.75, 3.05) is 24.2 Å². The molecule has 0 aromatic heterocycles. The van der Waals surface area contributed by atoms with Crippen LogP contribution in [-0.4, -0.2) is 38.2 Å². The van der Waals surface area contributed by atoms with E-state index in [2.05, 4.69) is 12.2 Å². The van der Waals surface area contributed by atoms with E-state index in [1.54, 1.807) is 4.90 Å². The number of rotatable bonds is 4. The van der Waals surface area contributed by atoms with Gasteiger partial charge in [0.25, 0.3) is 0 Å². The Bertz CT molecular complexity index is 661. The van der Waals surface area contributed by atoms with E-state index in [1.807, 2.05) is 0 Å². The lowest BCUT2D eigenvalue weighted by atomic mass is 10.1. The number of carbonyl (C=O) groups excluding carboxylic acids is 1. The molecular formula is C15H21FN2O3S. The number of hydrogen-bond donors (Lipinski definition) is 1. The number of urea groups is 1. The Morgan fingerprint density at radius 1 is 1.41 bits per heavy atom. The monoisotopic (exact) mass is 328 g/mol. The second kappa shape index (κ2) is 6.64. The van der Waals surface area contributed by atoms with E-state index in [9.17, 15) is 17.6 Å². The van der Waals surface area contributed by atoms with E-state index in [0.29, 0.717) is 19.0 Å². The lowest BCUT2D eigenvalue weighted by Gasteiger charge is -2.18. The van der Waals surface area contributed by atoms with Crippen LogP contribution >= 0.6 is 0 Å². The fraction of sp³-hybridized carbons (Fsp3) is 0.533. The molecule has 122 valence electrons. The maximum atomic E-state index is 13.4. The van der Waals surface area contributed by atoms with Crippen LogP contribution in [-0.2, 0) is 9.84 Å². The summed E-state index contributed by atoms with van der Waals surface area (Å²) in [6.45, 7) is 4.89. The Labute approximate surface area is 130 Å². The number of likely N-dealkylation sites (tertiary alicyclic amines) is 1. The molecule has 0 bridgehead atoms. The number of hydrogen-bond acceptors (Lipinski definition) is 3. The highest BCUT2D eigenvalue weighted by Crippen LogP contribution is 2.25. The number of nitrogens with zero attached hydrogens (tertiary/aromatic N) is 1. The van der Waals surface area contributed by atoms with E-state index in [1.165, 1.54) is 13.0 Å². The summed E-state index contributed by atoms with van der Waals surface area (Å²) in [6, 6.07) is 3.05. The minimum Gasteiger partial charge on any atom is -0.324 e. The molecule has 0 radical (unpaired) electrons. The summed E-state index contributed by atoms with van der Waals surface area (Å²) in [5.41, 5.74) is 0.133. The predicted octanol–water partition coefficient (Wildman–Crippen LogP) is 2.88. The minimum absolute atomic E-state index is 0.133. The first-order chi connectivity index (χ1) is 10.4. The molecule has 1 fully saturated rings. The van der Waals surface area contributed by atoms with Crippen molar-refractivity contribution in [3.8, 4) is 0 Å². The van der Waals surface area contributed by atoms with Crippen molar-refractivity contribution in [1.29, 1.82) is 0 Å². The van der Waals surface area contributed by atoms with Crippen LogP contribution in [0, 0.1) is 11.7 Å². The molecule has 5 nitrogen and oxygen atoms in total. The Morgan fingerprint density at radius 2 is 2.14 bits per heavy atom. The first-order valence-corrected chi connectivity index (χ1v) is 9.10. The molecule has 1 heterocycles. The van der Waals surface area contributed by atoms with Gasteiger partial charge in [-0.15, -0.1) is 0 Å². The molecule has 22 heavy (non-hydrogen) atoms. The Kier molecular flexibility index (Phi) is 5.05. The van der Waals surface area contributed by atoms with Crippen LogP contribution in [0.3, 0.4) is 0 Å². The van der Waals surface area contributed by atoms with Gasteiger partial charge in [0, 0.05) is 13.1 Å². The molecule has 2 amide bonds. The molecule has 7 heteroatoms. The Morgan fingerprint density at radius 3 is 2.73 bits per heavy atom. The van der Waals surface area contributed by atoms with E-state index < -0.39 is 15.7 Å². The molecule has 0 spiro atoms. The van der Waals surface area contributed by atoms with Gasteiger partial charge in [-0.2, -0.15) is 0 Å². The van der Waals surface area contributed by atoms with E-state index in [-0.39, 0.29) is 22.4 Å². The quantitative estimate of drug-likeness (QED) is 0.924. The van der Waals surface area contributed by atoms with Crippen molar-refractivity contribution in [3.63, 3.8) is 0 Å². The number of carbonyl (C=O) groups is 1. The maximum absolute atomic E-state index is 13.4. The molecule has 1 aliphatic rings. The largest absolute Gasteiger partial charge is 0.324 e. The van der Waals surface area contributed by atoms with Crippen molar-refractivity contribution in [3.05, 3.63) is 24.0 Å². The van der Waals surface area contributed by atoms with Crippen molar-refractivity contribution < 1.29 is 17.6 Å². The molecular weight excluding hydrogens is 307 g/mol. The van der Waals surface area contributed by atoms with Gasteiger partial charge in [-0.05, 0) is 30.5 Å². The van der Waals surface area contributed by atoms with Crippen LogP contribution in [0.2, 0.25) is 0 Å². The topological polar surface area (TPSA) is 66.5 Å². The Hall–Kier alpha value is -1.63. The molecule has 1 aliphatic heterocycles. The standard InChI is InChI=1S/C15H21FN2O3S/c1-3-11-7-8-18(10-11)15(19)17-13-6-5-12(16)9-14(13)22(20,21)4-2/h5-6,9,11H,3-4,7-8,10H2,1-2H3,(H,17,19)/t11-/m0/s1. The van der Waals surface area contributed by atoms with Gasteiger partial charge < -0.3 is 10.2 Å². The number of sulfone groups is 1. The summed E-state index contributed by atoms with van der Waals surface area (Å²) < 4.78 is 37.4. The summed E-state index contributed by atoms with van der Waals surface area (Å²) in [7, 11) is -3.61. The number of amides is 2. The van der Waals surface area contributed by atoms with Gasteiger partial charge in [0.1, 0.15) is 5.82 Å². The molecule has 0 unspecified atom stereocenters. The van der Waals surface area contributed by atoms with E-state index in [4.69, 9.17) is 0 Å². The normalized spacial score (nSPS) is 18.5. The van der Waals surface area contributed by atoms with Crippen molar-refractivity contribution in [1.82, 2.24) is 4.90 Å². The summed E-state index contributed by atoms with van der Waals surface area (Å²) in [5, 5.41) is 2.61. The second-order valence-electron chi connectivity index (χ2n) is 5.48. The van der Waals surface area contributed by atoms with E-state index >= 15 is 0 Å². The highest BCUT2D eigenvalue weighted by Gasteiger charge is 2.26. The fourth-order valence-electron chi connectivity index (χ4n) is 2.56. The van der Waals surface area contributed by atoms with Gasteiger partial charge in [0.15, 0.2) is 9.84 Å². The van der Waals surface area contributed by atoms with Crippen molar-refractivity contribution >= 4 is 21.6 Å². The maximum Gasteiger partial charge on any atom is 0.321 e. The molecule has 1 N–H and O–H groups in total. The van der Waals surface area contributed by atoms with Crippen molar-refractivity contribution in [2.45, 2.75) is 31.6 Å². The SMILES string of the molecule is CC[C@H]1CCN(C(=O)Nc2ccc(F)cc2S(=O)(=O)CC)C1. The number of nitrogens with one attached hydrogen (secondary N) is 1. The average Bonchev–Trinajstić information content (AvgIpc) is 2.98. The Balaban J connectivity index is 2.21. The van der Waals surface area contributed by atoms with Gasteiger partial charge in [-0.3, -0.25) is 0 Å². The average molecular weight is 328 g/mol. The van der Waals surface area contributed by atoms with Crippen molar-refractivity contribution in [2.24, 2.45) is 5.92 Å². The first kappa shape index (κ1) is 16.7. The molecule has 2 rings (SSSR count). The minimum atomic E-state index is -3.61. The summed E-state index contributed by atoms with van der Waals surface area (Å²) >= 11 is 0. The molecule has 1 atom stereocenters.